The van der Waals surface area contributed by atoms with Gasteiger partial charge in [-0.3, -0.25) is 4.21 Å². The smallest absolute Gasteiger partial charge is 0.160 e. The van der Waals surface area contributed by atoms with Gasteiger partial charge in [-0.25, -0.2) is 0 Å². The van der Waals surface area contributed by atoms with Crippen molar-refractivity contribution in [1.29, 1.82) is 5.26 Å². The molecule has 0 amide bonds. The molecule has 0 saturated heterocycles. The lowest BCUT2D eigenvalue weighted by molar-refractivity contribution is 0.145. The van der Waals surface area contributed by atoms with E-state index >= 15 is 0 Å². The topological polar surface area (TPSA) is 61.1 Å². The van der Waals surface area contributed by atoms with Crippen LogP contribution in [0.3, 0.4) is 0 Å². The second-order valence-electron chi connectivity index (χ2n) is 3.69. The van der Waals surface area contributed by atoms with E-state index in [4.69, 9.17) is 5.26 Å². The Morgan fingerprint density at radius 2 is 2.00 bits per heavy atom. The monoisotopic (exact) mass is 223 g/mol. The highest BCUT2D eigenvalue weighted by Crippen LogP contribution is 2.13. The largest absolute Gasteiger partial charge is 0.375 e. The zero-order valence-corrected chi connectivity index (χ0v) is 9.54. The molecule has 3 nitrogen and oxygen atoms in total. The van der Waals surface area contributed by atoms with Crippen LogP contribution in [0.15, 0.2) is 29.2 Å². The van der Waals surface area contributed by atoms with Gasteiger partial charge in [0.2, 0.25) is 0 Å². The molecule has 0 bridgehead atoms. The summed E-state index contributed by atoms with van der Waals surface area (Å²) in [4.78, 5) is 0.635. The molecule has 0 aliphatic carbocycles. The first-order valence-electron chi connectivity index (χ1n) is 4.53. The molecule has 4 heteroatoms. The van der Waals surface area contributed by atoms with E-state index in [1.54, 1.807) is 18.2 Å². The second kappa shape index (κ2) is 4.56. The third-order valence-electron chi connectivity index (χ3n) is 1.94. The first kappa shape index (κ1) is 11.9. The van der Waals surface area contributed by atoms with Crippen molar-refractivity contribution in [2.24, 2.45) is 0 Å². The van der Waals surface area contributed by atoms with E-state index in [1.807, 2.05) is 19.1 Å². The molecule has 0 radical (unpaired) electrons. The van der Waals surface area contributed by atoms with Gasteiger partial charge in [-0.05, 0) is 26.0 Å². The van der Waals surface area contributed by atoms with Crippen molar-refractivity contribution in [3.8, 4) is 6.07 Å². The van der Waals surface area contributed by atoms with Gasteiger partial charge in [-0.15, -0.1) is 0 Å². The van der Waals surface area contributed by atoms with Gasteiger partial charge in [0.15, 0.2) is 5.60 Å². The fourth-order valence-corrected chi connectivity index (χ4v) is 2.24. The summed E-state index contributed by atoms with van der Waals surface area (Å²) in [6.07, 6.45) is 0. The quantitative estimate of drug-likeness (QED) is 0.787. The van der Waals surface area contributed by atoms with Crippen LogP contribution in [0.5, 0.6) is 0 Å². The maximum Gasteiger partial charge on any atom is 0.160 e. The maximum absolute atomic E-state index is 11.7. The van der Waals surface area contributed by atoms with E-state index in [1.165, 1.54) is 6.92 Å². The molecule has 0 saturated carbocycles. The number of nitriles is 1. The molecular formula is C11H13NO2S. The molecule has 2 atom stereocenters. The molecule has 0 fully saturated rings. The maximum atomic E-state index is 11.7. The van der Waals surface area contributed by atoms with Crippen molar-refractivity contribution in [2.45, 2.75) is 24.3 Å². The standard InChI is InChI=1S/C11H13NO2S/c1-9-3-5-10(6-4-9)15(14)8-11(2,13)7-12/h3-6,13H,8H2,1-2H3/t11-,15?/m0/s1. The number of aryl methyl sites for hydroxylation is 1. The van der Waals surface area contributed by atoms with Gasteiger partial charge in [-0.2, -0.15) is 5.26 Å². The van der Waals surface area contributed by atoms with Crippen molar-refractivity contribution < 1.29 is 9.32 Å². The Morgan fingerprint density at radius 1 is 1.47 bits per heavy atom. The summed E-state index contributed by atoms with van der Waals surface area (Å²) < 4.78 is 11.7. The summed E-state index contributed by atoms with van der Waals surface area (Å²) in [6, 6.07) is 8.92. The lowest BCUT2D eigenvalue weighted by atomic mass is 10.2. The van der Waals surface area contributed by atoms with Crippen molar-refractivity contribution >= 4 is 10.8 Å². The van der Waals surface area contributed by atoms with Crippen molar-refractivity contribution in [3.05, 3.63) is 29.8 Å². The van der Waals surface area contributed by atoms with Crippen LogP contribution in [0.4, 0.5) is 0 Å². The van der Waals surface area contributed by atoms with Gasteiger partial charge in [0.25, 0.3) is 0 Å². The Balaban J connectivity index is 2.79. The highest BCUT2D eigenvalue weighted by Gasteiger charge is 2.23. The van der Waals surface area contributed by atoms with E-state index in [2.05, 4.69) is 0 Å². The van der Waals surface area contributed by atoms with Gasteiger partial charge in [0, 0.05) is 4.90 Å². The summed E-state index contributed by atoms with van der Waals surface area (Å²) in [6.45, 7) is 3.30. The van der Waals surface area contributed by atoms with Crippen LogP contribution < -0.4 is 0 Å². The molecule has 80 valence electrons. The van der Waals surface area contributed by atoms with Crippen molar-refractivity contribution in [2.75, 3.05) is 5.75 Å². The van der Waals surface area contributed by atoms with E-state index in [0.29, 0.717) is 4.90 Å². The molecule has 1 N–H and O–H groups in total. The predicted molar refractivity (Wildman–Crippen MR) is 58.7 cm³/mol. The first-order chi connectivity index (χ1) is 6.94. The summed E-state index contributed by atoms with van der Waals surface area (Å²) in [5.74, 6) is -0.0629. The molecule has 15 heavy (non-hydrogen) atoms. The Kier molecular flexibility index (Phi) is 3.61. The minimum Gasteiger partial charge on any atom is -0.375 e. The fourth-order valence-electron chi connectivity index (χ4n) is 1.06. The van der Waals surface area contributed by atoms with E-state index in [-0.39, 0.29) is 5.75 Å². The summed E-state index contributed by atoms with van der Waals surface area (Å²) in [7, 11) is -1.33. The van der Waals surface area contributed by atoms with E-state index in [9.17, 15) is 9.32 Å². The summed E-state index contributed by atoms with van der Waals surface area (Å²) in [5.41, 5.74) is -0.446. The predicted octanol–water partition coefficient (Wildman–Crippen LogP) is 1.38. The number of nitrogens with zero attached hydrogens (tertiary/aromatic N) is 1. The Hall–Kier alpha value is -1.18. The molecule has 0 spiro atoms. The lowest BCUT2D eigenvalue weighted by Crippen LogP contribution is -2.29. The normalized spacial score (nSPS) is 16.4. The summed E-state index contributed by atoms with van der Waals surface area (Å²) >= 11 is 0. The Labute approximate surface area is 91.8 Å². The van der Waals surface area contributed by atoms with Gasteiger partial charge < -0.3 is 5.11 Å². The minimum atomic E-state index is -1.53. The fraction of sp³-hybridized carbons (Fsp3) is 0.364. The van der Waals surface area contributed by atoms with Crippen LogP contribution in [0.25, 0.3) is 0 Å². The molecule has 1 aromatic rings. The van der Waals surface area contributed by atoms with Crippen molar-refractivity contribution in [1.82, 2.24) is 0 Å². The van der Waals surface area contributed by atoms with Crippen LogP contribution in [0.2, 0.25) is 0 Å². The zero-order chi connectivity index (χ0) is 11.5. The van der Waals surface area contributed by atoms with Gasteiger partial charge in [0.05, 0.1) is 22.6 Å². The van der Waals surface area contributed by atoms with Crippen LogP contribution in [-0.4, -0.2) is 20.7 Å². The number of hydrogen-bond acceptors (Lipinski definition) is 3. The molecule has 0 aliphatic heterocycles. The molecular weight excluding hydrogens is 210 g/mol. The summed E-state index contributed by atoms with van der Waals surface area (Å²) in [5, 5.41) is 18.1. The van der Waals surface area contributed by atoms with E-state index in [0.717, 1.165) is 5.56 Å². The average molecular weight is 223 g/mol. The number of aliphatic hydroxyl groups is 1. The highest BCUT2D eigenvalue weighted by molar-refractivity contribution is 7.85. The molecule has 1 rings (SSSR count). The molecule has 0 aromatic heterocycles. The van der Waals surface area contributed by atoms with Crippen LogP contribution in [-0.2, 0) is 10.8 Å². The van der Waals surface area contributed by atoms with Gasteiger partial charge in [-0.1, -0.05) is 17.7 Å². The third-order valence-corrected chi connectivity index (χ3v) is 3.56. The highest BCUT2D eigenvalue weighted by atomic mass is 32.2. The molecule has 1 unspecified atom stereocenters. The lowest BCUT2D eigenvalue weighted by Gasteiger charge is -2.13. The molecule has 0 heterocycles. The molecule has 0 aliphatic rings. The number of rotatable bonds is 3. The van der Waals surface area contributed by atoms with Crippen molar-refractivity contribution in [3.63, 3.8) is 0 Å². The second-order valence-corrected chi connectivity index (χ2v) is 5.14. The van der Waals surface area contributed by atoms with Gasteiger partial charge in [0.1, 0.15) is 0 Å². The SMILES string of the molecule is Cc1ccc(S(=O)C[C@@](C)(O)C#N)cc1. The number of benzene rings is 1. The molecule has 1 aromatic carbocycles. The minimum absolute atomic E-state index is 0.0629. The van der Waals surface area contributed by atoms with Crippen LogP contribution in [0, 0.1) is 18.3 Å². The first-order valence-corrected chi connectivity index (χ1v) is 5.85. The zero-order valence-electron chi connectivity index (χ0n) is 8.73. The van der Waals surface area contributed by atoms with Crippen LogP contribution in [0.1, 0.15) is 12.5 Å². The Morgan fingerprint density at radius 3 is 2.47 bits per heavy atom. The van der Waals surface area contributed by atoms with Gasteiger partial charge >= 0.3 is 0 Å². The Bertz CT molecular complexity index is 404. The average Bonchev–Trinajstić information content (AvgIpc) is 2.18. The van der Waals surface area contributed by atoms with E-state index < -0.39 is 16.4 Å². The number of hydrogen-bond donors (Lipinski definition) is 1. The van der Waals surface area contributed by atoms with Crippen LogP contribution >= 0.6 is 0 Å². The third kappa shape index (κ3) is 3.46.